The molecule has 0 aromatic heterocycles. The van der Waals surface area contributed by atoms with Crippen molar-refractivity contribution in [3.8, 4) is 5.75 Å². The highest BCUT2D eigenvalue weighted by atomic mass is 16.4. The minimum atomic E-state index is -1.28. The van der Waals surface area contributed by atoms with Crippen LogP contribution in [-0.2, 0) is 40.0 Å². The van der Waals surface area contributed by atoms with Crippen molar-refractivity contribution in [2.75, 3.05) is 6.54 Å². The van der Waals surface area contributed by atoms with E-state index < -0.39 is 89.5 Å². The summed E-state index contributed by atoms with van der Waals surface area (Å²) in [4.78, 5) is 90.9. The lowest BCUT2D eigenvalue weighted by atomic mass is 9.95. The summed E-state index contributed by atoms with van der Waals surface area (Å²) in [6.45, 7) is 10.7. The number of nitrogens with one attached hydrogen (secondary N) is 5. The molecule has 13 N–H and O–H groups in total. The monoisotopic (exact) mass is 748 g/mol. The van der Waals surface area contributed by atoms with E-state index in [4.69, 9.17) is 17.2 Å². The summed E-state index contributed by atoms with van der Waals surface area (Å²) < 4.78 is 0. The van der Waals surface area contributed by atoms with E-state index in [1.165, 1.54) is 12.1 Å². The van der Waals surface area contributed by atoms with Gasteiger partial charge in [-0.25, -0.2) is 4.79 Å². The average Bonchev–Trinajstić information content (AvgIpc) is 3.09. The van der Waals surface area contributed by atoms with Crippen LogP contribution in [0.2, 0.25) is 0 Å². The maximum Gasteiger partial charge on any atom is 0.326 e. The SMILES string of the molecule is CC[C@H](C)[C@H](NC(=O)[C@H](CCC(N)=O)NC(=O)[C@@H](N)C(C)C)C(=O)N[C@H](C(=O)N[C@@H](Cc1ccc(O)cc1)C(=O)N[C@@H](CCCCN)C(=O)O)C(C)C. The first kappa shape index (κ1) is 46.3. The summed E-state index contributed by atoms with van der Waals surface area (Å²) in [6.07, 6.45) is 1.09. The van der Waals surface area contributed by atoms with Crippen molar-refractivity contribution in [3.05, 3.63) is 29.8 Å². The molecule has 17 heteroatoms. The highest BCUT2D eigenvalue weighted by Crippen LogP contribution is 2.15. The van der Waals surface area contributed by atoms with E-state index in [-0.39, 0.29) is 37.4 Å². The summed E-state index contributed by atoms with van der Waals surface area (Å²) >= 11 is 0. The molecule has 0 saturated carbocycles. The van der Waals surface area contributed by atoms with Crippen molar-refractivity contribution < 1.29 is 43.8 Å². The van der Waals surface area contributed by atoms with Gasteiger partial charge in [-0.1, -0.05) is 60.1 Å². The molecule has 0 aliphatic carbocycles. The van der Waals surface area contributed by atoms with E-state index in [0.717, 1.165) is 0 Å². The molecule has 1 aromatic rings. The number of hydrogen-bond donors (Lipinski definition) is 10. The predicted octanol–water partition coefficient (Wildman–Crippen LogP) is -0.477. The fourth-order valence-corrected chi connectivity index (χ4v) is 5.22. The molecule has 0 aliphatic rings. The first-order valence-corrected chi connectivity index (χ1v) is 18.1. The van der Waals surface area contributed by atoms with Crippen LogP contribution in [-0.4, -0.2) is 94.4 Å². The van der Waals surface area contributed by atoms with Gasteiger partial charge in [-0.05, 0) is 67.7 Å². The van der Waals surface area contributed by atoms with Crippen molar-refractivity contribution in [1.29, 1.82) is 0 Å². The van der Waals surface area contributed by atoms with Crippen LogP contribution < -0.4 is 43.8 Å². The number of amides is 6. The molecule has 0 saturated heterocycles. The van der Waals surface area contributed by atoms with Crippen LogP contribution >= 0.6 is 0 Å². The van der Waals surface area contributed by atoms with Gasteiger partial charge in [-0.2, -0.15) is 0 Å². The zero-order valence-electron chi connectivity index (χ0n) is 31.6. The summed E-state index contributed by atoms with van der Waals surface area (Å²) in [7, 11) is 0. The van der Waals surface area contributed by atoms with Gasteiger partial charge in [-0.15, -0.1) is 0 Å². The number of carbonyl (C=O) groups excluding carboxylic acids is 6. The van der Waals surface area contributed by atoms with Crippen molar-refractivity contribution in [1.82, 2.24) is 26.6 Å². The maximum atomic E-state index is 13.8. The van der Waals surface area contributed by atoms with Crippen LogP contribution in [0.15, 0.2) is 24.3 Å². The number of aromatic hydroxyl groups is 1. The summed E-state index contributed by atoms with van der Waals surface area (Å²) in [5.74, 6) is -6.82. The van der Waals surface area contributed by atoms with E-state index >= 15 is 0 Å². The minimum Gasteiger partial charge on any atom is -0.508 e. The number of aliphatic carboxylic acids is 1. The summed E-state index contributed by atoms with van der Waals surface area (Å²) in [5, 5.41) is 32.5. The number of primary amides is 1. The molecule has 53 heavy (non-hydrogen) atoms. The van der Waals surface area contributed by atoms with Gasteiger partial charge in [0.05, 0.1) is 6.04 Å². The van der Waals surface area contributed by atoms with E-state index in [1.807, 2.05) is 0 Å². The number of hydrogen-bond acceptors (Lipinski definition) is 10. The quantitative estimate of drug-likeness (QED) is 0.0603. The topological polar surface area (TPSA) is 298 Å². The number of carbonyl (C=O) groups is 7. The zero-order chi connectivity index (χ0) is 40.4. The summed E-state index contributed by atoms with van der Waals surface area (Å²) in [6, 6.07) is -1.20. The lowest BCUT2D eigenvalue weighted by Crippen LogP contribution is -2.61. The van der Waals surface area contributed by atoms with Crippen LogP contribution in [0.3, 0.4) is 0 Å². The standard InChI is InChI=1S/C36H60N8O9/c1-7-21(6)30(44-31(47)24(15-16-27(38)46)40-33(49)28(39)19(2)3)35(51)43-29(20(4)5)34(50)42-26(18-22-11-13-23(45)14-12-22)32(48)41-25(36(52)53)10-8-9-17-37/h11-14,19-21,24-26,28-30,45H,7-10,15-18,37,39H2,1-6H3,(H2,38,46)(H,40,49)(H,41,48)(H,42,50)(H,43,51)(H,44,47)(H,52,53)/t21-,24-,25-,26-,28-,29-,30-/m0/s1. The van der Waals surface area contributed by atoms with Crippen molar-refractivity contribution >= 4 is 41.4 Å². The molecule has 0 aliphatic heterocycles. The van der Waals surface area contributed by atoms with Crippen LogP contribution in [0.1, 0.15) is 85.6 Å². The number of carboxylic acids is 1. The molecular weight excluding hydrogens is 688 g/mol. The second-order valence-electron chi connectivity index (χ2n) is 14.1. The number of rotatable bonds is 24. The normalized spacial score (nSPS) is 15.2. The predicted molar refractivity (Wildman–Crippen MR) is 198 cm³/mol. The van der Waals surface area contributed by atoms with Crippen LogP contribution in [0.5, 0.6) is 5.75 Å². The fourth-order valence-electron chi connectivity index (χ4n) is 5.22. The van der Waals surface area contributed by atoms with Gasteiger partial charge in [-0.3, -0.25) is 28.8 Å². The number of phenolic OH excluding ortho intramolecular Hbond substituents is 1. The molecule has 0 radical (unpaired) electrons. The molecule has 0 fully saturated rings. The third kappa shape index (κ3) is 16.2. The number of benzene rings is 1. The van der Waals surface area contributed by atoms with E-state index in [9.17, 15) is 43.8 Å². The number of unbranched alkanes of at least 4 members (excludes halogenated alkanes) is 1. The van der Waals surface area contributed by atoms with Crippen LogP contribution in [0.4, 0.5) is 0 Å². The maximum absolute atomic E-state index is 13.8. The Morgan fingerprint density at radius 3 is 1.72 bits per heavy atom. The van der Waals surface area contributed by atoms with E-state index in [0.29, 0.717) is 31.4 Å². The van der Waals surface area contributed by atoms with Gasteiger partial charge in [0.2, 0.25) is 35.4 Å². The zero-order valence-corrected chi connectivity index (χ0v) is 31.6. The van der Waals surface area contributed by atoms with Gasteiger partial charge >= 0.3 is 5.97 Å². The van der Waals surface area contributed by atoms with E-state index in [1.54, 1.807) is 53.7 Å². The number of phenols is 1. The molecule has 1 rings (SSSR count). The first-order valence-electron chi connectivity index (χ1n) is 18.1. The third-order valence-corrected chi connectivity index (χ3v) is 8.94. The number of carboxylic acid groups (broad SMARTS) is 1. The average molecular weight is 749 g/mol. The van der Waals surface area contributed by atoms with Gasteiger partial charge < -0.3 is 54.0 Å². The van der Waals surface area contributed by atoms with Gasteiger partial charge in [0.25, 0.3) is 0 Å². The van der Waals surface area contributed by atoms with Crippen LogP contribution in [0, 0.1) is 17.8 Å². The smallest absolute Gasteiger partial charge is 0.326 e. The van der Waals surface area contributed by atoms with Gasteiger partial charge in [0.15, 0.2) is 0 Å². The van der Waals surface area contributed by atoms with Crippen LogP contribution in [0.25, 0.3) is 0 Å². The molecule has 17 nitrogen and oxygen atoms in total. The molecule has 1 aromatic carbocycles. The Hall–Kier alpha value is -4.77. The highest BCUT2D eigenvalue weighted by Gasteiger charge is 2.35. The van der Waals surface area contributed by atoms with Crippen molar-refractivity contribution in [2.45, 2.75) is 123 Å². The Morgan fingerprint density at radius 2 is 1.21 bits per heavy atom. The molecule has 0 bridgehead atoms. The fraction of sp³-hybridized carbons (Fsp3) is 0.639. The minimum absolute atomic E-state index is 0.0177. The first-order chi connectivity index (χ1) is 24.8. The lowest BCUT2D eigenvalue weighted by molar-refractivity contribution is -0.142. The Labute approximate surface area is 311 Å². The lowest BCUT2D eigenvalue weighted by Gasteiger charge is -2.30. The van der Waals surface area contributed by atoms with E-state index in [2.05, 4.69) is 26.6 Å². The molecule has 0 spiro atoms. The van der Waals surface area contributed by atoms with Crippen molar-refractivity contribution in [2.24, 2.45) is 35.0 Å². The Balaban J connectivity index is 3.33. The largest absolute Gasteiger partial charge is 0.508 e. The molecule has 7 atom stereocenters. The Morgan fingerprint density at radius 1 is 0.679 bits per heavy atom. The third-order valence-electron chi connectivity index (χ3n) is 8.94. The second kappa shape index (κ2) is 23.0. The number of nitrogens with two attached hydrogens (primary N) is 3. The Bertz CT molecular complexity index is 1390. The highest BCUT2D eigenvalue weighted by molar-refractivity contribution is 5.96. The summed E-state index contributed by atoms with van der Waals surface area (Å²) in [5.41, 5.74) is 17.3. The molecule has 0 heterocycles. The Kier molecular flexibility index (Phi) is 20.1. The molecular formula is C36H60N8O9. The molecule has 298 valence electrons. The molecule has 6 amide bonds. The van der Waals surface area contributed by atoms with Gasteiger partial charge in [0, 0.05) is 12.8 Å². The van der Waals surface area contributed by atoms with Crippen molar-refractivity contribution in [3.63, 3.8) is 0 Å². The molecule has 0 unspecified atom stereocenters. The van der Waals surface area contributed by atoms with Gasteiger partial charge in [0.1, 0.15) is 36.0 Å². The second-order valence-corrected chi connectivity index (χ2v) is 14.1.